The number of aliphatic hydroxyl groups excluding tert-OH is 2. The van der Waals surface area contributed by atoms with Crippen LogP contribution in [-0.2, 0) is 18.4 Å². The number of hydrogen-bond acceptors (Lipinski definition) is 7. The highest BCUT2D eigenvalue weighted by atomic mass is 31.2. The topological polar surface area (TPSA) is 151 Å². The maximum Gasteiger partial charge on any atom is 0.472 e. The van der Waals surface area contributed by atoms with Crippen LogP contribution in [0.25, 0.3) is 0 Å². The van der Waals surface area contributed by atoms with Crippen molar-refractivity contribution < 1.29 is 33.5 Å². The molecular formula is C35H63N2O7P. The predicted molar refractivity (Wildman–Crippen MR) is 186 cm³/mol. The minimum atomic E-state index is -4.40. The van der Waals surface area contributed by atoms with Crippen molar-refractivity contribution in [3.63, 3.8) is 0 Å². The molecule has 9 nitrogen and oxygen atoms in total. The maximum atomic E-state index is 12.7. The number of rotatable bonds is 30. The van der Waals surface area contributed by atoms with Gasteiger partial charge in [-0.2, -0.15) is 0 Å². The molecule has 1 amide bonds. The molecule has 0 aromatic heterocycles. The molecule has 0 saturated carbocycles. The van der Waals surface area contributed by atoms with Crippen molar-refractivity contribution in [2.75, 3.05) is 19.8 Å². The Morgan fingerprint density at radius 2 is 1.40 bits per heavy atom. The molecule has 0 aliphatic heterocycles. The van der Waals surface area contributed by atoms with E-state index in [9.17, 15) is 24.5 Å². The van der Waals surface area contributed by atoms with Gasteiger partial charge in [-0.25, -0.2) is 4.57 Å². The second-order valence-electron chi connectivity index (χ2n) is 11.2. The van der Waals surface area contributed by atoms with Crippen LogP contribution in [0.1, 0.15) is 117 Å². The van der Waals surface area contributed by atoms with E-state index in [-0.39, 0.29) is 19.6 Å². The van der Waals surface area contributed by atoms with E-state index >= 15 is 0 Å². The molecule has 0 spiro atoms. The summed E-state index contributed by atoms with van der Waals surface area (Å²) in [6, 6.07) is -1.01. The Bertz CT molecular complexity index is 904. The normalized spacial score (nSPS) is 16.0. The van der Waals surface area contributed by atoms with Crippen LogP contribution in [0.3, 0.4) is 0 Å². The number of nitrogens with two attached hydrogens (primary N) is 1. The van der Waals surface area contributed by atoms with E-state index in [1.807, 2.05) is 0 Å². The monoisotopic (exact) mass is 654 g/mol. The highest BCUT2D eigenvalue weighted by Gasteiger charge is 2.27. The van der Waals surface area contributed by atoms with E-state index in [1.54, 1.807) is 6.08 Å². The summed E-state index contributed by atoms with van der Waals surface area (Å²) in [6.07, 6.45) is 33.2. The van der Waals surface area contributed by atoms with E-state index in [4.69, 9.17) is 14.8 Å². The van der Waals surface area contributed by atoms with Gasteiger partial charge in [0.15, 0.2) is 0 Å². The van der Waals surface area contributed by atoms with Crippen molar-refractivity contribution in [2.45, 2.75) is 135 Å². The fourth-order valence-electron chi connectivity index (χ4n) is 4.32. The van der Waals surface area contributed by atoms with Crippen molar-refractivity contribution in [1.29, 1.82) is 0 Å². The number of carbonyl (C=O) groups is 1. The van der Waals surface area contributed by atoms with Gasteiger partial charge in [-0.05, 0) is 64.2 Å². The molecule has 45 heavy (non-hydrogen) atoms. The van der Waals surface area contributed by atoms with Crippen LogP contribution in [0.15, 0.2) is 60.8 Å². The van der Waals surface area contributed by atoms with Crippen molar-refractivity contribution >= 4 is 13.7 Å². The van der Waals surface area contributed by atoms with Crippen LogP contribution >= 0.6 is 7.82 Å². The van der Waals surface area contributed by atoms with Gasteiger partial charge in [0, 0.05) is 6.54 Å². The molecule has 10 heteroatoms. The van der Waals surface area contributed by atoms with Crippen molar-refractivity contribution in [3.05, 3.63) is 60.8 Å². The number of phosphoric acid groups is 1. The summed E-state index contributed by atoms with van der Waals surface area (Å²) in [5.74, 6) is -0.479. The zero-order valence-electron chi connectivity index (χ0n) is 27.9. The molecule has 4 unspecified atom stereocenters. The molecule has 0 aromatic rings. The molecule has 0 aliphatic carbocycles. The van der Waals surface area contributed by atoms with E-state index < -0.39 is 38.6 Å². The van der Waals surface area contributed by atoms with Gasteiger partial charge in [0.2, 0.25) is 5.91 Å². The van der Waals surface area contributed by atoms with Crippen LogP contribution in [0.4, 0.5) is 0 Å². The lowest BCUT2D eigenvalue weighted by Crippen LogP contribution is -2.46. The lowest BCUT2D eigenvalue weighted by atomic mass is 10.0. The first-order valence-electron chi connectivity index (χ1n) is 17.0. The van der Waals surface area contributed by atoms with E-state index in [0.717, 1.165) is 64.2 Å². The average Bonchev–Trinajstić information content (AvgIpc) is 3.01. The summed E-state index contributed by atoms with van der Waals surface area (Å²) in [5, 5.41) is 23.7. The average molecular weight is 655 g/mol. The number of carbonyl (C=O) groups excluding carboxylic acids is 1. The van der Waals surface area contributed by atoms with E-state index in [2.05, 4.69) is 67.8 Å². The minimum Gasteiger partial charge on any atom is -0.393 e. The van der Waals surface area contributed by atoms with Gasteiger partial charge in [-0.1, -0.05) is 107 Å². The summed E-state index contributed by atoms with van der Waals surface area (Å²) in [5.41, 5.74) is 5.32. The SMILES string of the molecule is CC/C=C/CC/C=C/CC/C=C/C(O)C(COP(=O)(O)OCCN)NC(=O)CC(O)CCCCCC/C=C\C=C/CCCCC. The van der Waals surface area contributed by atoms with Gasteiger partial charge >= 0.3 is 7.82 Å². The summed E-state index contributed by atoms with van der Waals surface area (Å²) < 4.78 is 21.9. The van der Waals surface area contributed by atoms with Gasteiger partial charge in [0.05, 0.1) is 37.9 Å². The second kappa shape index (κ2) is 30.8. The lowest BCUT2D eigenvalue weighted by Gasteiger charge is -2.24. The van der Waals surface area contributed by atoms with Crippen LogP contribution in [0, 0.1) is 0 Å². The quantitative estimate of drug-likeness (QED) is 0.0233. The third-order valence-corrected chi connectivity index (χ3v) is 7.87. The first-order valence-corrected chi connectivity index (χ1v) is 18.5. The Kier molecular flexibility index (Phi) is 29.5. The Labute approximate surface area is 273 Å². The number of hydrogen-bond donors (Lipinski definition) is 5. The number of amides is 1. The summed E-state index contributed by atoms with van der Waals surface area (Å²) in [4.78, 5) is 22.5. The molecule has 0 rings (SSSR count). The highest BCUT2D eigenvalue weighted by molar-refractivity contribution is 7.47. The molecule has 0 bridgehead atoms. The molecule has 0 heterocycles. The van der Waals surface area contributed by atoms with Gasteiger partial charge in [-0.15, -0.1) is 0 Å². The first kappa shape index (κ1) is 43.2. The molecule has 4 atom stereocenters. The molecule has 0 aliphatic rings. The maximum absolute atomic E-state index is 12.7. The number of phosphoric ester groups is 1. The molecular weight excluding hydrogens is 591 g/mol. The first-order chi connectivity index (χ1) is 21.8. The second-order valence-corrected chi connectivity index (χ2v) is 12.6. The summed E-state index contributed by atoms with van der Waals surface area (Å²) >= 11 is 0. The Morgan fingerprint density at radius 1 is 0.800 bits per heavy atom. The smallest absolute Gasteiger partial charge is 0.393 e. The minimum absolute atomic E-state index is 0.0368. The molecule has 0 saturated heterocycles. The van der Waals surface area contributed by atoms with Gasteiger partial charge < -0.3 is 26.2 Å². The third kappa shape index (κ3) is 29.3. The number of unbranched alkanes of at least 4 members (excludes halogenated alkanes) is 9. The molecule has 0 aromatic carbocycles. The Hall–Kier alpha value is -1.84. The number of nitrogens with one attached hydrogen (secondary N) is 1. The van der Waals surface area contributed by atoms with Gasteiger partial charge in [0.25, 0.3) is 0 Å². The van der Waals surface area contributed by atoms with Gasteiger partial charge in [0.1, 0.15) is 0 Å². The van der Waals surface area contributed by atoms with Crippen molar-refractivity contribution in [1.82, 2.24) is 5.32 Å². The third-order valence-electron chi connectivity index (χ3n) is 6.89. The van der Waals surface area contributed by atoms with Crippen LogP contribution in [0.5, 0.6) is 0 Å². The van der Waals surface area contributed by atoms with E-state index in [0.29, 0.717) is 12.8 Å². The van der Waals surface area contributed by atoms with Crippen LogP contribution < -0.4 is 11.1 Å². The predicted octanol–water partition coefficient (Wildman–Crippen LogP) is 7.35. The lowest BCUT2D eigenvalue weighted by molar-refractivity contribution is -0.124. The largest absolute Gasteiger partial charge is 0.472 e. The molecule has 0 radical (unpaired) electrons. The van der Waals surface area contributed by atoms with Crippen molar-refractivity contribution in [2.24, 2.45) is 5.73 Å². The van der Waals surface area contributed by atoms with Crippen LogP contribution in [-0.4, -0.2) is 59.0 Å². The zero-order valence-corrected chi connectivity index (χ0v) is 28.8. The van der Waals surface area contributed by atoms with E-state index in [1.165, 1.54) is 25.3 Å². The fourth-order valence-corrected chi connectivity index (χ4v) is 5.08. The zero-order chi connectivity index (χ0) is 33.4. The van der Waals surface area contributed by atoms with Gasteiger partial charge in [-0.3, -0.25) is 13.8 Å². The number of allylic oxidation sites excluding steroid dienone is 9. The van der Waals surface area contributed by atoms with Crippen molar-refractivity contribution in [3.8, 4) is 0 Å². The molecule has 0 fully saturated rings. The summed E-state index contributed by atoms with van der Waals surface area (Å²) in [7, 11) is -4.40. The number of aliphatic hydroxyl groups is 2. The highest BCUT2D eigenvalue weighted by Crippen LogP contribution is 2.43. The standard InChI is InChI=1S/C35H63N2O7P/c1-3-5-7-9-11-13-15-16-17-18-20-22-24-26-32(38)30-35(40)37-33(31-44-45(41,42)43-29-28-36)34(39)27-25-23-21-19-14-12-10-8-6-4-2/h6,8,11,13-16,19,25,27,32-34,38-39H,3-5,7,9-10,12,17-18,20-24,26,28-31,36H2,1-2H3,(H,37,40)(H,41,42)/b8-6+,13-11-,16-15-,19-14+,27-25+. The fraction of sp³-hybridized carbons (Fsp3) is 0.686. The molecule has 260 valence electrons. The Balaban J connectivity index is 4.59. The van der Waals surface area contributed by atoms with Crippen LogP contribution in [0.2, 0.25) is 0 Å². The summed E-state index contributed by atoms with van der Waals surface area (Å²) in [6.45, 7) is 3.72. The molecule has 6 N–H and O–H groups in total. The Morgan fingerprint density at radius 3 is 2.02 bits per heavy atom.